The van der Waals surface area contributed by atoms with E-state index in [2.05, 4.69) is 22.5 Å². The topological polar surface area (TPSA) is 51.0 Å². The van der Waals surface area contributed by atoms with Gasteiger partial charge in [-0.15, -0.1) is 0 Å². The van der Waals surface area contributed by atoms with Crippen LogP contribution in [0.15, 0.2) is 54.7 Å². The number of hydrogen-bond acceptors (Lipinski definition) is 3. The minimum Gasteiger partial charge on any atom is -0.329 e. The maximum absolute atomic E-state index is 12.8. The largest absolute Gasteiger partial charge is 0.329 e. The Morgan fingerprint density at radius 2 is 2.08 bits per heavy atom. The molecule has 4 rings (SSSR count). The van der Waals surface area contributed by atoms with E-state index in [0.717, 1.165) is 48.5 Å². The van der Waals surface area contributed by atoms with Crippen molar-refractivity contribution in [3.05, 3.63) is 66.3 Å². The third kappa shape index (κ3) is 3.01. The normalized spacial score (nSPS) is 17.4. The van der Waals surface area contributed by atoms with Crippen molar-refractivity contribution in [1.29, 1.82) is 0 Å². The van der Waals surface area contributed by atoms with Crippen molar-refractivity contribution in [3.63, 3.8) is 0 Å². The number of para-hydroxylation sites is 2. The second kappa shape index (κ2) is 7.12. The molecule has 0 bridgehead atoms. The van der Waals surface area contributed by atoms with E-state index >= 15 is 0 Å². The number of benzene rings is 1. The van der Waals surface area contributed by atoms with Gasteiger partial charge in [0.25, 0.3) is 0 Å². The van der Waals surface area contributed by atoms with Gasteiger partial charge >= 0.3 is 0 Å². The Kier molecular flexibility index (Phi) is 4.52. The standard InChI is InChI=1S/C21H22N4O/c1-2-24-18-10-4-3-9-17(18)23-21(24)19-11-7-15-25(19)20(26)13-12-16-8-5-6-14-22-16/h3-6,8-10,12-14,19H,2,7,11,15H2,1H3. The van der Waals surface area contributed by atoms with Crippen molar-refractivity contribution >= 4 is 23.0 Å². The fourth-order valence-corrected chi connectivity index (χ4v) is 3.71. The third-order valence-electron chi connectivity index (χ3n) is 4.92. The summed E-state index contributed by atoms with van der Waals surface area (Å²) in [6, 6.07) is 13.9. The molecule has 0 saturated carbocycles. The molecule has 2 aromatic heterocycles. The van der Waals surface area contributed by atoms with Crippen molar-refractivity contribution in [1.82, 2.24) is 19.4 Å². The molecule has 132 valence electrons. The number of hydrogen-bond donors (Lipinski definition) is 0. The zero-order chi connectivity index (χ0) is 17.9. The predicted molar refractivity (Wildman–Crippen MR) is 102 cm³/mol. The number of carbonyl (C=O) groups is 1. The molecule has 1 unspecified atom stereocenters. The Morgan fingerprint density at radius 1 is 1.23 bits per heavy atom. The predicted octanol–water partition coefficient (Wildman–Crippen LogP) is 3.83. The van der Waals surface area contributed by atoms with Gasteiger partial charge in [-0.25, -0.2) is 4.98 Å². The number of fused-ring (bicyclic) bond motifs is 1. The monoisotopic (exact) mass is 346 g/mol. The highest BCUT2D eigenvalue weighted by Crippen LogP contribution is 2.33. The minimum atomic E-state index is 0.0212. The lowest BCUT2D eigenvalue weighted by Gasteiger charge is -2.23. The molecule has 0 aliphatic carbocycles. The molecule has 1 saturated heterocycles. The smallest absolute Gasteiger partial charge is 0.247 e. The molecule has 1 aliphatic rings. The average molecular weight is 346 g/mol. The Bertz CT molecular complexity index is 945. The highest BCUT2D eigenvalue weighted by molar-refractivity contribution is 5.92. The van der Waals surface area contributed by atoms with Crippen LogP contribution >= 0.6 is 0 Å². The van der Waals surface area contributed by atoms with E-state index in [4.69, 9.17) is 4.98 Å². The molecule has 1 atom stereocenters. The number of aryl methyl sites for hydroxylation is 1. The first-order chi connectivity index (χ1) is 12.8. The molecule has 5 nitrogen and oxygen atoms in total. The quantitative estimate of drug-likeness (QED) is 0.675. The van der Waals surface area contributed by atoms with Crippen molar-refractivity contribution in [2.45, 2.75) is 32.4 Å². The number of nitrogens with zero attached hydrogens (tertiary/aromatic N) is 4. The molecule has 3 aromatic rings. The van der Waals surface area contributed by atoms with Crippen LogP contribution in [0.4, 0.5) is 0 Å². The van der Waals surface area contributed by atoms with Crippen molar-refractivity contribution in [2.75, 3.05) is 6.54 Å². The van der Waals surface area contributed by atoms with Crippen LogP contribution in [-0.4, -0.2) is 31.9 Å². The Morgan fingerprint density at radius 3 is 2.88 bits per heavy atom. The van der Waals surface area contributed by atoms with Crippen LogP contribution in [0.25, 0.3) is 17.1 Å². The van der Waals surface area contributed by atoms with Crippen LogP contribution in [0.5, 0.6) is 0 Å². The van der Waals surface area contributed by atoms with Crippen LogP contribution in [0, 0.1) is 0 Å². The molecule has 1 aliphatic heterocycles. The van der Waals surface area contributed by atoms with E-state index in [1.807, 2.05) is 41.3 Å². The van der Waals surface area contributed by atoms with Gasteiger partial charge < -0.3 is 9.47 Å². The Hall–Kier alpha value is -2.95. The highest BCUT2D eigenvalue weighted by atomic mass is 16.2. The van der Waals surface area contributed by atoms with Crippen LogP contribution < -0.4 is 0 Å². The highest BCUT2D eigenvalue weighted by Gasteiger charge is 2.32. The number of likely N-dealkylation sites (tertiary alicyclic amines) is 1. The lowest BCUT2D eigenvalue weighted by atomic mass is 10.2. The second-order valence-corrected chi connectivity index (χ2v) is 6.48. The lowest BCUT2D eigenvalue weighted by Crippen LogP contribution is -2.30. The van der Waals surface area contributed by atoms with E-state index in [-0.39, 0.29) is 11.9 Å². The molecule has 0 spiro atoms. The molecule has 5 heteroatoms. The van der Waals surface area contributed by atoms with E-state index < -0.39 is 0 Å². The zero-order valence-corrected chi connectivity index (χ0v) is 14.9. The molecule has 1 aromatic carbocycles. The summed E-state index contributed by atoms with van der Waals surface area (Å²) in [7, 11) is 0. The summed E-state index contributed by atoms with van der Waals surface area (Å²) in [5.74, 6) is 1.01. The summed E-state index contributed by atoms with van der Waals surface area (Å²) in [6.07, 6.45) is 7.08. The van der Waals surface area contributed by atoms with Gasteiger partial charge in [-0.05, 0) is 50.1 Å². The molecule has 26 heavy (non-hydrogen) atoms. The van der Waals surface area contributed by atoms with Gasteiger partial charge in [-0.2, -0.15) is 0 Å². The molecular weight excluding hydrogens is 324 g/mol. The van der Waals surface area contributed by atoms with Crippen molar-refractivity contribution in [2.24, 2.45) is 0 Å². The van der Waals surface area contributed by atoms with Crippen LogP contribution in [-0.2, 0) is 11.3 Å². The number of amides is 1. The Balaban J connectivity index is 1.63. The van der Waals surface area contributed by atoms with Gasteiger partial charge in [0.1, 0.15) is 5.82 Å². The lowest BCUT2D eigenvalue weighted by molar-refractivity contribution is -0.127. The van der Waals surface area contributed by atoms with E-state index in [0.29, 0.717) is 0 Å². The van der Waals surface area contributed by atoms with E-state index in [9.17, 15) is 4.79 Å². The number of pyridine rings is 1. The maximum atomic E-state index is 12.8. The van der Waals surface area contributed by atoms with Crippen molar-refractivity contribution < 1.29 is 4.79 Å². The zero-order valence-electron chi connectivity index (χ0n) is 14.9. The summed E-state index contributed by atoms with van der Waals surface area (Å²) in [5.41, 5.74) is 2.92. The van der Waals surface area contributed by atoms with Crippen molar-refractivity contribution in [3.8, 4) is 0 Å². The molecule has 0 N–H and O–H groups in total. The maximum Gasteiger partial charge on any atom is 0.247 e. The fraction of sp³-hybridized carbons (Fsp3) is 0.286. The third-order valence-corrected chi connectivity index (χ3v) is 4.92. The number of aromatic nitrogens is 3. The summed E-state index contributed by atoms with van der Waals surface area (Å²) < 4.78 is 2.23. The van der Waals surface area contributed by atoms with E-state index in [1.54, 1.807) is 18.3 Å². The van der Waals surface area contributed by atoms with Crippen LogP contribution in [0.1, 0.15) is 37.3 Å². The average Bonchev–Trinajstić information content (AvgIpc) is 3.31. The summed E-state index contributed by atoms with van der Waals surface area (Å²) in [6.45, 7) is 3.74. The van der Waals surface area contributed by atoms with Crippen LogP contribution in [0.3, 0.4) is 0 Å². The first-order valence-electron chi connectivity index (χ1n) is 9.13. The van der Waals surface area contributed by atoms with E-state index in [1.165, 1.54) is 0 Å². The molecular formula is C21H22N4O. The first kappa shape index (κ1) is 16.5. The summed E-state index contributed by atoms with van der Waals surface area (Å²) in [4.78, 5) is 23.8. The van der Waals surface area contributed by atoms with Gasteiger partial charge in [0.05, 0.1) is 22.8 Å². The van der Waals surface area contributed by atoms with Gasteiger partial charge in [0.2, 0.25) is 5.91 Å². The Labute approximate surface area is 153 Å². The summed E-state index contributed by atoms with van der Waals surface area (Å²) >= 11 is 0. The SMILES string of the molecule is CCn1c(C2CCCN2C(=O)C=Cc2ccccn2)nc2ccccc21. The van der Waals surface area contributed by atoms with Gasteiger partial charge in [-0.3, -0.25) is 9.78 Å². The van der Waals surface area contributed by atoms with Crippen LogP contribution in [0.2, 0.25) is 0 Å². The molecule has 0 radical (unpaired) electrons. The molecule has 1 fully saturated rings. The molecule has 1 amide bonds. The number of imidazole rings is 1. The fourth-order valence-electron chi connectivity index (χ4n) is 3.71. The number of carbonyl (C=O) groups excluding carboxylic acids is 1. The number of rotatable bonds is 4. The minimum absolute atomic E-state index is 0.0212. The first-order valence-corrected chi connectivity index (χ1v) is 9.13. The van der Waals surface area contributed by atoms with Gasteiger partial charge in [0.15, 0.2) is 0 Å². The van der Waals surface area contributed by atoms with Gasteiger partial charge in [0, 0.05) is 25.4 Å². The summed E-state index contributed by atoms with van der Waals surface area (Å²) in [5, 5.41) is 0. The van der Waals surface area contributed by atoms with Gasteiger partial charge in [-0.1, -0.05) is 18.2 Å². The molecule has 3 heterocycles. The second-order valence-electron chi connectivity index (χ2n) is 6.48.